The summed E-state index contributed by atoms with van der Waals surface area (Å²) in [6.45, 7) is 1.32. The maximum Gasteiger partial charge on any atom is 0.279 e. The number of carbonyl (C=O) groups is 1. The standard InChI is InChI=1S/C16H16ClFN2OS/c17-11-5-6-13(12(18)9-11)19-16(21)10-20-7-1-3-14(20)15-4-2-8-22-15/h2,4-6,8-9,14H,1,3,7,10H2,(H,19,21)/p+1/t14-/m1/s1. The molecule has 1 amide bonds. The number of likely N-dealkylation sites (tertiary alicyclic amines) is 1. The summed E-state index contributed by atoms with van der Waals surface area (Å²) in [5.41, 5.74) is 0.181. The number of carbonyl (C=O) groups excluding carboxylic acids is 1. The number of anilines is 1. The van der Waals surface area contributed by atoms with E-state index in [0.29, 0.717) is 17.6 Å². The van der Waals surface area contributed by atoms with E-state index in [-0.39, 0.29) is 11.6 Å². The van der Waals surface area contributed by atoms with Gasteiger partial charge in [-0.15, -0.1) is 11.3 Å². The van der Waals surface area contributed by atoms with Crippen molar-refractivity contribution in [2.75, 3.05) is 18.4 Å². The van der Waals surface area contributed by atoms with Crippen molar-refractivity contribution < 1.29 is 14.1 Å². The molecule has 3 rings (SSSR count). The van der Waals surface area contributed by atoms with Crippen molar-refractivity contribution in [1.29, 1.82) is 0 Å². The molecule has 1 aliphatic rings. The molecule has 0 aliphatic carbocycles. The zero-order valence-electron chi connectivity index (χ0n) is 11.9. The van der Waals surface area contributed by atoms with Gasteiger partial charge in [-0.05, 0) is 29.6 Å². The molecule has 1 unspecified atom stereocenters. The van der Waals surface area contributed by atoms with E-state index in [4.69, 9.17) is 11.6 Å². The van der Waals surface area contributed by atoms with Crippen LogP contribution in [0.25, 0.3) is 0 Å². The molecule has 1 aromatic carbocycles. The minimum atomic E-state index is -0.507. The van der Waals surface area contributed by atoms with E-state index >= 15 is 0 Å². The fraction of sp³-hybridized carbons (Fsp3) is 0.312. The van der Waals surface area contributed by atoms with Gasteiger partial charge in [-0.2, -0.15) is 0 Å². The van der Waals surface area contributed by atoms with Crippen LogP contribution in [0.3, 0.4) is 0 Å². The minimum absolute atomic E-state index is 0.167. The Labute approximate surface area is 137 Å². The van der Waals surface area contributed by atoms with E-state index in [1.165, 1.54) is 21.9 Å². The molecule has 1 fully saturated rings. The molecule has 0 saturated carbocycles. The molecule has 1 saturated heterocycles. The van der Waals surface area contributed by atoms with Crippen molar-refractivity contribution in [2.45, 2.75) is 18.9 Å². The van der Waals surface area contributed by atoms with Gasteiger partial charge in [0.05, 0.1) is 17.1 Å². The Morgan fingerprint density at radius 1 is 1.45 bits per heavy atom. The summed E-state index contributed by atoms with van der Waals surface area (Å²) < 4.78 is 13.7. The van der Waals surface area contributed by atoms with Crippen molar-refractivity contribution in [3.8, 4) is 0 Å². The van der Waals surface area contributed by atoms with Crippen LogP contribution in [0.15, 0.2) is 35.7 Å². The summed E-state index contributed by atoms with van der Waals surface area (Å²) in [5, 5.41) is 5.02. The summed E-state index contributed by atoms with van der Waals surface area (Å²) >= 11 is 7.44. The zero-order chi connectivity index (χ0) is 15.5. The Bertz CT molecular complexity index is 662. The number of hydrogen-bond donors (Lipinski definition) is 2. The quantitative estimate of drug-likeness (QED) is 0.882. The SMILES string of the molecule is O=C(C[NH+]1CCC[C@@H]1c1cccs1)Nc1ccc(Cl)cc1F. The Kier molecular flexibility index (Phi) is 4.76. The third kappa shape index (κ3) is 3.48. The Morgan fingerprint density at radius 2 is 2.32 bits per heavy atom. The van der Waals surface area contributed by atoms with Gasteiger partial charge in [0.1, 0.15) is 11.9 Å². The monoisotopic (exact) mass is 339 g/mol. The maximum absolute atomic E-state index is 13.7. The third-order valence-corrected chi connectivity index (χ3v) is 5.18. The molecule has 0 spiro atoms. The van der Waals surface area contributed by atoms with Crippen LogP contribution in [-0.4, -0.2) is 19.0 Å². The predicted octanol–water partition coefficient (Wildman–Crippen LogP) is 2.90. The highest BCUT2D eigenvalue weighted by atomic mass is 35.5. The molecule has 22 heavy (non-hydrogen) atoms. The molecule has 2 heterocycles. The number of hydrogen-bond acceptors (Lipinski definition) is 2. The first-order valence-electron chi connectivity index (χ1n) is 7.26. The summed E-state index contributed by atoms with van der Waals surface area (Å²) in [5.74, 6) is -0.674. The van der Waals surface area contributed by atoms with Crippen molar-refractivity contribution in [3.63, 3.8) is 0 Å². The Balaban J connectivity index is 1.64. The van der Waals surface area contributed by atoms with Crippen LogP contribution >= 0.6 is 22.9 Å². The fourth-order valence-electron chi connectivity index (χ4n) is 2.95. The highest BCUT2D eigenvalue weighted by molar-refractivity contribution is 7.10. The molecule has 3 nitrogen and oxygen atoms in total. The first-order chi connectivity index (χ1) is 10.6. The molecule has 116 valence electrons. The topological polar surface area (TPSA) is 33.5 Å². The van der Waals surface area contributed by atoms with Crippen LogP contribution < -0.4 is 10.2 Å². The lowest BCUT2D eigenvalue weighted by atomic mass is 10.2. The molecule has 0 radical (unpaired) electrons. The van der Waals surface area contributed by atoms with E-state index in [9.17, 15) is 9.18 Å². The molecule has 0 bridgehead atoms. The second-order valence-corrected chi connectivity index (χ2v) is 6.88. The highest BCUT2D eigenvalue weighted by Crippen LogP contribution is 2.23. The van der Waals surface area contributed by atoms with Gasteiger partial charge in [0.15, 0.2) is 6.54 Å². The van der Waals surface area contributed by atoms with Gasteiger partial charge in [0.2, 0.25) is 0 Å². The second-order valence-electron chi connectivity index (χ2n) is 5.47. The number of nitrogens with one attached hydrogen (secondary N) is 2. The Morgan fingerprint density at radius 3 is 3.05 bits per heavy atom. The number of amides is 1. The summed E-state index contributed by atoms with van der Waals surface area (Å²) in [4.78, 5) is 14.8. The van der Waals surface area contributed by atoms with Crippen LogP contribution in [0.4, 0.5) is 10.1 Å². The van der Waals surface area contributed by atoms with Crippen molar-refractivity contribution in [2.24, 2.45) is 0 Å². The van der Waals surface area contributed by atoms with Crippen LogP contribution in [0.5, 0.6) is 0 Å². The van der Waals surface area contributed by atoms with Gasteiger partial charge in [-0.25, -0.2) is 4.39 Å². The lowest BCUT2D eigenvalue weighted by Crippen LogP contribution is -3.11. The van der Waals surface area contributed by atoms with Gasteiger partial charge in [-0.1, -0.05) is 17.7 Å². The molecule has 2 aromatic rings. The second kappa shape index (κ2) is 6.77. The Hall–Kier alpha value is -1.43. The molecular weight excluding hydrogens is 323 g/mol. The van der Waals surface area contributed by atoms with Crippen molar-refractivity contribution in [1.82, 2.24) is 0 Å². The lowest BCUT2D eigenvalue weighted by molar-refractivity contribution is -0.910. The minimum Gasteiger partial charge on any atom is -0.320 e. The van der Waals surface area contributed by atoms with Gasteiger partial charge in [-0.3, -0.25) is 4.79 Å². The number of thiophene rings is 1. The smallest absolute Gasteiger partial charge is 0.279 e. The van der Waals surface area contributed by atoms with Crippen molar-refractivity contribution >= 4 is 34.5 Å². The highest BCUT2D eigenvalue weighted by Gasteiger charge is 2.32. The number of quaternary nitrogens is 1. The largest absolute Gasteiger partial charge is 0.320 e. The van der Waals surface area contributed by atoms with Crippen molar-refractivity contribution in [3.05, 3.63) is 51.4 Å². The first-order valence-corrected chi connectivity index (χ1v) is 8.52. The average Bonchev–Trinajstić information content (AvgIpc) is 3.12. The molecule has 2 N–H and O–H groups in total. The molecule has 1 aliphatic heterocycles. The van der Waals surface area contributed by atoms with E-state index < -0.39 is 5.82 Å². The van der Waals surface area contributed by atoms with Gasteiger partial charge >= 0.3 is 0 Å². The summed E-state index contributed by atoms with van der Waals surface area (Å²) in [7, 11) is 0. The molecular formula is C16H17ClFN2OS+. The van der Waals surface area contributed by atoms with E-state index in [1.807, 2.05) is 6.07 Å². The molecule has 1 aromatic heterocycles. The molecule has 2 atom stereocenters. The maximum atomic E-state index is 13.7. The van der Waals surface area contributed by atoms with Gasteiger partial charge < -0.3 is 10.2 Å². The normalized spacial score (nSPS) is 21.0. The summed E-state index contributed by atoms with van der Waals surface area (Å²) in [6.07, 6.45) is 2.21. The fourth-order valence-corrected chi connectivity index (χ4v) is 4.03. The average molecular weight is 340 g/mol. The number of benzene rings is 1. The van der Waals surface area contributed by atoms with Gasteiger partial charge in [0, 0.05) is 17.9 Å². The van der Waals surface area contributed by atoms with Crippen LogP contribution in [-0.2, 0) is 4.79 Å². The van der Waals surface area contributed by atoms with E-state index in [0.717, 1.165) is 19.4 Å². The summed E-state index contributed by atoms with van der Waals surface area (Å²) in [6, 6.07) is 8.80. The van der Waals surface area contributed by atoms with Gasteiger partial charge in [0.25, 0.3) is 5.91 Å². The van der Waals surface area contributed by atoms with Crippen LogP contribution in [0.2, 0.25) is 5.02 Å². The van der Waals surface area contributed by atoms with E-state index in [1.54, 1.807) is 17.4 Å². The lowest BCUT2D eigenvalue weighted by Gasteiger charge is -2.20. The number of rotatable bonds is 4. The van der Waals surface area contributed by atoms with E-state index in [2.05, 4.69) is 16.8 Å². The zero-order valence-corrected chi connectivity index (χ0v) is 13.5. The first kappa shape index (κ1) is 15.5. The van der Waals surface area contributed by atoms with Crippen LogP contribution in [0, 0.1) is 5.82 Å². The predicted molar refractivity (Wildman–Crippen MR) is 87.0 cm³/mol. The molecule has 6 heteroatoms. The third-order valence-electron chi connectivity index (χ3n) is 3.96. The van der Waals surface area contributed by atoms with Crippen LogP contribution in [0.1, 0.15) is 23.8 Å². The number of halogens is 2.